The van der Waals surface area contributed by atoms with Gasteiger partial charge in [-0.05, 0) is 18.6 Å². The fourth-order valence-electron chi connectivity index (χ4n) is 1.96. The zero-order valence-corrected chi connectivity index (χ0v) is 11.0. The Hall–Kier alpha value is -2.30. The van der Waals surface area contributed by atoms with Crippen LogP contribution in [0.5, 0.6) is 0 Å². The predicted octanol–water partition coefficient (Wildman–Crippen LogP) is 1.66. The Morgan fingerprint density at radius 1 is 1.47 bits per heavy atom. The Kier molecular flexibility index (Phi) is 4.18. The van der Waals surface area contributed by atoms with E-state index in [1.165, 1.54) is 0 Å². The molecule has 0 saturated heterocycles. The first-order valence-corrected chi connectivity index (χ1v) is 6.28. The first kappa shape index (κ1) is 13.1. The fourth-order valence-corrected chi connectivity index (χ4v) is 1.96. The van der Waals surface area contributed by atoms with Crippen LogP contribution in [0.1, 0.15) is 12.8 Å². The van der Waals surface area contributed by atoms with Crippen LogP contribution in [0.15, 0.2) is 36.7 Å². The number of carbonyl (C=O) groups excluding carboxylic acids is 1. The van der Waals surface area contributed by atoms with E-state index in [9.17, 15) is 4.79 Å². The molecule has 0 spiro atoms. The van der Waals surface area contributed by atoms with Crippen molar-refractivity contribution in [1.82, 2.24) is 14.9 Å². The summed E-state index contributed by atoms with van der Waals surface area (Å²) < 4.78 is 2.04. The molecule has 0 bridgehead atoms. The first-order valence-electron chi connectivity index (χ1n) is 6.28. The van der Waals surface area contributed by atoms with Crippen LogP contribution in [0.25, 0.3) is 11.4 Å². The van der Waals surface area contributed by atoms with Crippen LogP contribution in [0.3, 0.4) is 0 Å². The van der Waals surface area contributed by atoms with Gasteiger partial charge in [0, 0.05) is 43.7 Å². The monoisotopic (exact) mass is 258 g/mol. The van der Waals surface area contributed by atoms with E-state index in [2.05, 4.69) is 10.3 Å². The summed E-state index contributed by atoms with van der Waals surface area (Å²) in [4.78, 5) is 15.5. The molecule has 0 radical (unpaired) electrons. The van der Waals surface area contributed by atoms with Crippen molar-refractivity contribution < 1.29 is 4.79 Å². The van der Waals surface area contributed by atoms with Crippen LogP contribution in [0.4, 0.5) is 5.69 Å². The van der Waals surface area contributed by atoms with Gasteiger partial charge in [0.25, 0.3) is 0 Å². The molecule has 2 aromatic rings. The lowest BCUT2D eigenvalue weighted by Crippen LogP contribution is -2.17. The minimum Gasteiger partial charge on any atom is -0.399 e. The molecule has 0 unspecified atom stereocenters. The molecule has 19 heavy (non-hydrogen) atoms. The van der Waals surface area contributed by atoms with E-state index < -0.39 is 0 Å². The predicted molar refractivity (Wildman–Crippen MR) is 75.4 cm³/mol. The summed E-state index contributed by atoms with van der Waals surface area (Å²) >= 11 is 0. The zero-order chi connectivity index (χ0) is 13.7. The lowest BCUT2D eigenvalue weighted by atomic mass is 10.2. The standard InChI is InChI=1S/C14H18N4O/c1-16-13(19)6-3-8-18-9-7-17-14(18)11-4-2-5-12(15)10-11/h2,4-5,7,9-10H,3,6,8,15H2,1H3,(H,16,19). The van der Waals surface area contributed by atoms with E-state index in [4.69, 9.17) is 5.73 Å². The van der Waals surface area contributed by atoms with Crippen molar-refractivity contribution >= 4 is 11.6 Å². The van der Waals surface area contributed by atoms with Crippen LogP contribution >= 0.6 is 0 Å². The quantitative estimate of drug-likeness (QED) is 0.801. The number of nitrogens with one attached hydrogen (secondary N) is 1. The topological polar surface area (TPSA) is 72.9 Å². The number of nitrogens with two attached hydrogens (primary N) is 1. The van der Waals surface area contributed by atoms with Crippen LogP contribution in [0, 0.1) is 0 Å². The van der Waals surface area contributed by atoms with Crippen molar-refractivity contribution in [2.24, 2.45) is 0 Å². The molecule has 1 aromatic carbocycles. The average molecular weight is 258 g/mol. The van der Waals surface area contributed by atoms with E-state index >= 15 is 0 Å². The maximum absolute atomic E-state index is 11.2. The number of anilines is 1. The summed E-state index contributed by atoms with van der Waals surface area (Å²) in [5, 5.41) is 2.62. The smallest absolute Gasteiger partial charge is 0.219 e. The summed E-state index contributed by atoms with van der Waals surface area (Å²) in [5.74, 6) is 0.940. The van der Waals surface area contributed by atoms with Crippen molar-refractivity contribution in [3.8, 4) is 11.4 Å². The molecule has 100 valence electrons. The van der Waals surface area contributed by atoms with E-state index in [1.54, 1.807) is 13.2 Å². The molecule has 1 heterocycles. The third kappa shape index (κ3) is 3.34. The number of nitrogens with zero attached hydrogens (tertiary/aromatic N) is 2. The van der Waals surface area contributed by atoms with Crippen molar-refractivity contribution in [1.29, 1.82) is 0 Å². The second-order valence-electron chi connectivity index (χ2n) is 4.35. The Morgan fingerprint density at radius 3 is 3.05 bits per heavy atom. The van der Waals surface area contributed by atoms with Crippen molar-refractivity contribution in [3.63, 3.8) is 0 Å². The van der Waals surface area contributed by atoms with E-state index in [0.717, 1.165) is 30.0 Å². The third-order valence-electron chi connectivity index (χ3n) is 2.94. The van der Waals surface area contributed by atoms with Gasteiger partial charge in [-0.2, -0.15) is 0 Å². The van der Waals surface area contributed by atoms with Gasteiger partial charge in [0.15, 0.2) is 0 Å². The second-order valence-corrected chi connectivity index (χ2v) is 4.35. The van der Waals surface area contributed by atoms with Gasteiger partial charge in [0.05, 0.1) is 0 Å². The number of aromatic nitrogens is 2. The van der Waals surface area contributed by atoms with E-state index in [-0.39, 0.29) is 5.91 Å². The highest BCUT2D eigenvalue weighted by molar-refractivity contribution is 5.75. The molecule has 5 nitrogen and oxygen atoms in total. The number of rotatable bonds is 5. The molecule has 0 aliphatic rings. The van der Waals surface area contributed by atoms with Crippen LogP contribution in [-0.4, -0.2) is 22.5 Å². The van der Waals surface area contributed by atoms with E-state index in [1.807, 2.05) is 35.0 Å². The van der Waals surface area contributed by atoms with Crippen LogP contribution in [0.2, 0.25) is 0 Å². The number of hydrogen-bond acceptors (Lipinski definition) is 3. The van der Waals surface area contributed by atoms with Gasteiger partial charge in [0.1, 0.15) is 5.82 Å². The highest BCUT2D eigenvalue weighted by atomic mass is 16.1. The Bertz CT molecular complexity index is 562. The number of hydrogen-bond donors (Lipinski definition) is 2. The largest absolute Gasteiger partial charge is 0.399 e. The van der Waals surface area contributed by atoms with Crippen molar-refractivity contribution in [3.05, 3.63) is 36.7 Å². The molecular weight excluding hydrogens is 240 g/mol. The Labute approximate surface area is 112 Å². The minimum atomic E-state index is 0.0608. The maximum atomic E-state index is 11.2. The third-order valence-corrected chi connectivity index (χ3v) is 2.94. The van der Waals surface area contributed by atoms with Gasteiger partial charge in [-0.3, -0.25) is 4.79 Å². The number of benzene rings is 1. The zero-order valence-electron chi connectivity index (χ0n) is 11.0. The van der Waals surface area contributed by atoms with Crippen molar-refractivity contribution in [2.45, 2.75) is 19.4 Å². The molecule has 1 aromatic heterocycles. The van der Waals surface area contributed by atoms with Gasteiger partial charge >= 0.3 is 0 Å². The summed E-state index contributed by atoms with van der Waals surface area (Å²) in [6.45, 7) is 0.761. The van der Waals surface area contributed by atoms with Gasteiger partial charge in [0.2, 0.25) is 5.91 Å². The van der Waals surface area contributed by atoms with Crippen LogP contribution < -0.4 is 11.1 Å². The molecule has 5 heteroatoms. The highest BCUT2D eigenvalue weighted by Crippen LogP contribution is 2.20. The van der Waals surface area contributed by atoms with Gasteiger partial charge < -0.3 is 15.6 Å². The number of carbonyl (C=O) groups is 1. The van der Waals surface area contributed by atoms with E-state index in [0.29, 0.717) is 6.42 Å². The number of amides is 1. The average Bonchev–Trinajstić information content (AvgIpc) is 2.87. The molecule has 0 atom stereocenters. The number of nitrogen functional groups attached to an aromatic ring is 1. The molecule has 2 rings (SSSR count). The van der Waals surface area contributed by atoms with Crippen LogP contribution in [-0.2, 0) is 11.3 Å². The van der Waals surface area contributed by atoms with Gasteiger partial charge in [-0.15, -0.1) is 0 Å². The lowest BCUT2D eigenvalue weighted by molar-refractivity contribution is -0.120. The molecule has 0 saturated carbocycles. The van der Waals surface area contributed by atoms with Gasteiger partial charge in [-0.1, -0.05) is 12.1 Å². The summed E-state index contributed by atoms with van der Waals surface area (Å²) in [5.41, 5.74) is 7.49. The first-order chi connectivity index (χ1) is 9.20. The SMILES string of the molecule is CNC(=O)CCCn1ccnc1-c1cccc(N)c1. The second kappa shape index (κ2) is 6.04. The summed E-state index contributed by atoms with van der Waals surface area (Å²) in [6.07, 6.45) is 4.98. The Morgan fingerprint density at radius 2 is 2.32 bits per heavy atom. The molecule has 0 aliphatic carbocycles. The summed E-state index contributed by atoms with van der Waals surface area (Å²) in [7, 11) is 1.65. The van der Waals surface area contributed by atoms with Crippen molar-refractivity contribution in [2.75, 3.05) is 12.8 Å². The lowest BCUT2D eigenvalue weighted by Gasteiger charge is -2.08. The molecule has 0 fully saturated rings. The Balaban J connectivity index is 2.08. The molecule has 0 aliphatic heterocycles. The van der Waals surface area contributed by atoms with Gasteiger partial charge in [-0.25, -0.2) is 4.98 Å². The highest BCUT2D eigenvalue weighted by Gasteiger charge is 2.06. The fraction of sp³-hybridized carbons (Fsp3) is 0.286. The molecule has 1 amide bonds. The normalized spacial score (nSPS) is 10.4. The number of imidazole rings is 1. The maximum Gasteiger partial charge on any atom is 0.219 e. The molecular formula is C14H18N4O. The number of aryl methyl sites for hydroxylation is 1. The summed E-state index contributed by atoms with van der Waals surface area (Å²) in [6, 6.07) is 7.64. The molecule has 3 N–H and O–H groups in total. The minimum absolute atomic E-state index is 0.0608.